The van der Waals surface area contributed by atoms with Crippen LogP contribution < -0.4 is 31.1 Å². The Morgan fingerprint density at radius 1 is 0.419 bits per heavy atom. The molecular weight excluding hydrogens is 1210 g/mol. The van der Waals surface area contributed by atoms with Gasteiger partial charge in [0.25, 0.3) is 21.7 Å². The lowest BCUT2D eigenvalue weighted by atomic mass is 10.4. The number of hydrogen-bond acceptors (Lipinski definition) is 5. The SMILES string of the molecule is CO[Si](C)(C)C.CO[Si](C)(C)c1ccccc1.CO[Si](C)(c1ccccc1)c1ccccc1.C[Si](C)(Cl)Cl.C[Si](Cl)(Cl)CCOCC1CO1.C[Si](Cl)(Cl)c1ccccc1.Cl[Si](Cl)(c1ccccc1)c1ccccc1. The molecule has 7 rings (SSSR count). The number of halogens is 8. The Labute approximate surface area is 490 Å². The fourth-order valence-corrected chi connectivity index (χ4v) is 15.0. The molecule has 20 heteroatoms. The molecule has 0 spiro atoms. The molecule has 1 aliphatic heterocycles. The molecule has 1 heterocycles. The van der Waals surface area contributed by atoms with Gasteiger partial charge in [-0.3, -0.25) is 0 Å². The van der Waals surface area contributed by atoms with Crippen molar-refractivity contribution in [3.05, 3.63) is 182 Å². The summed E-state index contributed by atoms with van der Waals surface area (Å²) in [5, 5.41) is 7.09. The van der Waals surface area contributed by atoms with E-state index in [4.69, 9.17) is 111 Å². The topological polar surface area (TPSA) is 49.5 Å². The summed E-state index contributed by atoms with van der Waals surface area (Å²) < 4.78 is 26.6. The van der Waals surface area contributed by atoms with Gasteiger partial charge in [-0.15, -0.1) is 88.6 Å². The molecule has 74 heavy (non-hydrogen) atoms. The van der Waals surface area contributed by atoms with E-state index in [0.717, 1.165) is 28.2 Å². The number of epoxide rings is 1. The maximum Gasteiger partial charge on any atom is 0.310 e. The summed E-state index contributed by atoms with van der Waals surface area (Å²) in [7, 11) is 0.713. The number of benzene rings is 6. The van der Waals surface area contributed by atoms with Crippen LogP contribution in [-0.2, 0) is 22.8 Å². The monoisotopic (exact) mass is 1280 g/mol. The van der Waals surface area contributed by atoms with E-state index in [9.17, 15) is 0 Å². The number of hydrogen-bond donors (Lipinski definition) is 0. The normalized spacial score (nSPS) is 13.3. The zero-order chi connectivity index (χ0) is 56.1. The van der Waals surface area contributed by atoms with Crippen LogP contribution in [0.3, 0.4) is 0 Å². The van der Waals surface area contributed by atoms with E-state index in [-0.39, 0.29) is 0 Å². The van der Waals surface area contributed by atoms with Crippen molar-refractivity contribution in [3.63, 3.8) is 0 Å². The van der Waals surface area contributed by atoms with Crippen molar-refractivity contribution >= 4 is 171 Å². The van der Waals surface area contributed by atoms with E-state index in [2.05, 4.69) is 112 Å². The average Bonchev–Trinajstić information content (AvgIpc) is 4.21. The van der Waals surface area contributed by atoms with Gasteiger partial charge in [0.1, 0.15) is 6.10 Å². The molecule has 0 amide bonds. The Morgan fingerprint density at radius 2 is 0.703 bits per heavy atom. The molecule has 0 saturated carbocycles. The highest BCUT2D eigenvalue weighted by atomic mass is 35.7. The summed E-state index contributed by atoms with van der Waals surface area (Å²) in [6.07, 6.45) is 0.341. The van der Waals surface area contributed by atoms with E-state index in [1.807, 2.05) is 142 Å². The zero-order valence-electron chi connectivity index (χ0n) is 45.3. The van der Waals surface area contributed by atoms with Crippen LogP contribution in [0.5, 0.6) is 0 Å². The highest BCUT2D eigenvalue weighted by Crippen LogP contribution is 2.20. The van der Waals surface area contributed by atoms with Crippen LogP contribution in [0.25, 0.3) is 0 Å². The van der Waals surface area contributed by atoms with Gasteiger partial charge in [0.15, 0.2) is 8.32 Å². The summed E-state index contributed by atoms with van der Waals surface area (Å²) >= 11 is 47.5. The molecule has 6 aromatic carbocycles. The summed E-state index contributed by atoms with van der Waals surface area (Å²) in [5.41, 5.74) is 0. The molecule has 0 radical (unpaired) electrons. The standard InChI is InChI=1S/C14H16OSi.C12H10Cl2Si.C9H14OSi.C7H8Cl2Si.C6H12Cl2O2Si.C4H12OSi.C2H6Cl2Si/c1-15-16(2,13-9-5-3-6-10-13)14-11-7-4-8-12-14;13-15(14,11-7-3-1-4-8-11)12-9-5-2-6-10-12;1-10-11(2,3)9-7-5-4-6-8-9;1-10(8,9)7-5-3-2-4-6-7;1-11(7,8)3-2-9-4-6-5-10-6;1-5-6(2,3)4;1-5(2,3)4/h3-12H,1-2H3;1-10H;4-8H,1-3H3;2-6H,1H3;6H,2-5H2,1H3;1-4H3;1-2H3. The minimum absolute atomic E-state index is 0.341. The fourth-order valence-electron chi connectivity index (χ4n) is 5.69. The predicted octanol–water partition coefficient (Wildman–Crippen LogP) is 14.5. The van der Waals surface area contributed by atoms with Crippen molar-refractivity contribution in [1.29, 1.82) is 0 Å². The summed E-state index contributed by atoms with van der Waals surface area (Å²) in [5.74, 6) is 0. The van der Waals surface area contributed by atoms with E-state index >= 15 is 0 Å². The molecule has 0 aromatic heterocycles. The lowest BCUT2D eigenvalue weighted by molar-refractivity contribution is 0.128. The molecular formula is C54H78Cl8O5Si7. The Morgan fingerprint density at radius 3 is 0.932 bits per heavy atom. The Balaban J connectivity index is 0.000000444. The van der Waals surface area contributed by atoms with Gasteiger partial charge in [0.2, 0.25) is 15.0 Å². The van der Waals surface area contributed by atoms with Gasteiger partial charge >= 0.3 is 6.69 Å². The second-order valence-corrected chi connectivity index (χ2v) is 62.3. The number of ether oxygens (including phenoxy) is 2. The van der Waals surface area contributed by atoms with Crippen molar-refractivity contribution in [2.45, 2.75) is 77.6 Å². The lowest BCUT2D eigenvalue weighted by Crippen LogP contribution is -2.57. The van der Waals surface area contributed by atoms with Gasteiger partial charge in [-0.2, -0.15) is 0 Å². The molecule has 1 unspecified atom stereocenters. The third-order valence-corrected chi connectivity index (χ3v) is 27.9. The molecule has 1 atom stereocenters. The molecule has 1 aliphatic rings. The van der Waals surface area contributed by atoms with E-state index < -0.39 is 51.7 Å². The van der Waals surface area contributed by atoms with Crippen LogP contribution in [0, 0.1) is 0 Å². The first-order chi connectivity index (χ1) is 34.4. The fraction of sp³-hybridized carbons (Fsp3) is 0.333. The summed E-state index contributed by atoms with van der Waals surface area (Å²) in [6.45, 7) is 14.6. The smallest absolute Gasteiger partial charge is 0.310 e. The van der Waals surface area contributed by atoms with Crippen molar-refractivity contribution in [2.75, 3.05) is 41.2 Å². The summed E-state index contributed by atoms with van der Waals surface area (Å²) in [4.78, 5) is 0. The van der Waals surface area contributed by atoms with Crippen LogP contribution in [0.15, 0.2) is 182 Å². The van der Waals surface area contributed by atoms with Gasteiger partial charge in [-0.05, 0) is 103 Å². The van der Waals surface area contributed by atoms with E-state index in [1.165, 1.54) is 15.6 Å². The number of rotatable bonds is 14. The molecule has 1 fully saturated rings. The molecule has 408 valence electrons. The van der Waals surface area contributed by atoms with E-state index in [0.29, 0.717) is 19.3 Å². The van der Waals surface area contributed by atoms with Crippen LogP contribution in [0.4, 0.5) is 0 Å². The highest BCUT2D eigenvalue weighted by Gasteiger charge is 2.34. The molecule has 5 nitrogen and oxygen atoms in total. The van der Waals surface area contributed by atoms with Crippen LogP contribution >= 0.6 is 88.6 Å². The maximum atomic E-state index is 6.49. The first-order valence-corrected chi connectivity index (χ1v) is 51.1. The minimum atomic E-state index is -2.51. The minimum Gasteiger partial charge on any atom is -0.421 e. The third kappa shape index (κ3) is 32.8. The average molecular weight is 1290 g/mol. The lowest BCUT2D eigenvalue weighted by Gasteiger charge is -2.26. The van der Waals surface area contributed by atoms with Crippen molar-refractivity contribution in [2.24, 2.45) is 0 Å². The second kappa shape index (κ2) is 35.5. The van der Waals surface area contributed by atoms with Crippen LogP contribution in [-0.4, -0.2) is 99.0 Å². The first-order valence-electron chi connectivity index (χ1n) is 24.1. The molecule has 1 saturated heterocycles. The molecule has 0 N–H and O–H groups in total. The first kappa shape index (κ1) is 71.0. The zero-order valence-corrected chi connectivity index (χ0v) is 58.3. The van der Waals surface area contributed by atoms with Crippen molar-refractivity contribution in [1.82, 2.24) is 0 Å². The predicted molar refractivity (Wildman–Crippen MR) is 349 cm³/mol. The van der Waals surface area contributed by atoms with Gasteiger partial charge in [0.05, 0.1) is 13.2 Å². The molecule has 6 aromatic rings. The van der Waals surface area contributed by atoms with Crippen molar-refractivity contribution in [3.8, 4) is 0 Å². The second-order valence-electron chi connectivity index (χ2n) is 19.1. The third-order valence-electron chi connectivity index (χ3n) is 10.6. The Kier molecular flexibility index (Phi) is 34.1. The molecule has 0 aliphatic carbocycles. The quantitative estimate of drug-likeness (QED) is 0.0471. The van der Waals surface area contributed by atoms with Gasteiger partial charge in [-0.25, -0.2) is 0 Å². The Bertz CT molecular complexity index is 2240. The van der Waals surface area contributed by atoms with Gasteiger partial charge in [-0.1, -0.05) is 182 Å². The van der Waals surface area contributed by atoms with Crippen LogP contribution in [0.2, 0.25) is 71.5 Å². The largest absolute Gasteiger partial charge is 0.421 e. The van der Waals surface area contributed by atoms with E-state index in [1.54, 1.807) is 14.2 Å². The van der Waals surface area contributed by atoms with Gasteiger partial charge in [0, 0.05) is 27.9 Å². The van der Waals surface area contributed by atoms with Gasteiger partial charge < -0.3 is 22.8 Å². The molecule has 0 bridgehead atoms. The van der Waals surface area contributed by atoms with Crippen molar-refractivity contribution < 1.29 is 22.8 Å². The Hall–Kier alpha value is -1.04. The highest BCUT2D eigenvalue weighted by molar-refractivity contribution is 7.56. The summed E-state index contributed by atoms with van der Waals surface area (Å²) in [6, 6.07) is 61.7. The maximum absolute atomic E-state index is 6.49. The van der Waals surface area contributed by atoms with Crippen LogP contribution in [0.1, 0.15) is 0 Å².